The van der Waals surface area contributed by atoms with Crippen molar-refractivity contribution in [2.24, 2.45) is 0 Å². The number of amides is 2. The highest BCUT2D eigenvalue weighted by molar-refractivity contribution is 7.18. The molecule has 1 unspecified atom stereocenters. The third kappa shape index (κ3) is 3.10. The maximum atomic E-state index is 12.2. The van der Waals surface area contributed by atoms with E-state index in [9.17, 15) is 9.59 Å². The van der Waals surface area contributed by atoms with Crippen LogP contribution in [-0.4, -0.2) is 42.5 Å². The Morgan fingerprint density at radius 2 is 2.24 bits per heavy atom. The number of carbonyl (C=O) groups is 2. The molecule has 2 saturated heterocycles. The number of nitrogens with two attached hydrogens (primary N) is 1. The number of hydrogen-bond donors (Lipinski definition) is 3. The van der Waals surface area contributed by atoms with Crippen LogP contribution in [0.5, 0.6) is 0 Å². The van der Waals surface area contributed by atoms with E-state index in [1.54, 1.807) is 0 Å². The summed E-state index contributed by atoms with van der Waals surface area (Å²) in [6, 6.07) is 0.0219. The molecule has 0 saturated carbocycles. The van der Waals surface area contributed by atoms with Gasteiger partial charge < -0.3 is 21.3 Å². The second-order valence-corrected chi connectivity index (χ2v) is 6.40. The van der Waals surface area contributed by atoms with E-state index >= 15 is 0 Å². The third-order valence-electron chi connectivity index (χ3n) is 3.82. The number of nitrogens with zero attached hydrogens (tertiary/aromatic N) is 2. The number of anilines is 2. The lowest BCUT2D eigenvalue weighted by Crippen LogP contribution is -2.38. The zero-order valence-corrected chi connectivity index (χ0v) is 12.5. The molecule has 2 aliphatic heterocycles. The lowest BCUT2D eigenvalue weighted by atomic mass is 10.2. The minimum absolute atomic E-state index is 0.0219. The van der Waals surface area contributed by atoms with Crippen molar-refractivity contribution in [3.05, 3.63) is 4.88 Å². The Morgan fingerprint density at radius 1 is 1.48 bits per heavy atom. The van der Waals surface area contributed by atoms with Gasteiger partial charge in [-0.15, -0.1) is 0 Å². The molecule has 0 bridgehead atoms. The summed E-state index contributed by atoms with van der Waals surface area (Å²) in [6.07, 6.45) is 3.60. The van der Waals surface area contributed by atoms with Crippen molar-refractivity contribution in [3.8, 4) is 0 Å². The summed E-state index contributed by atoms with van der Waals surface area (Å²) >= 11 is 1.34. The summed E-state index contributed by atoms with van der Waals surface area (Å²) in [5.41, 5.74) is 5.86. The molecular weight excluding hydrogens is 290 g/mol. The molecule has 0 spiro atoms. The molecule has 21 heavy (non-hydrogen) atoms. The number of hydrogen-bond acceptors (Lipinski definition) is 6. The first kappa shape index (κ1) is 14.1. The van der Waals surface area contributed by atoms with E-state index in [0.29, 0.717) is 17.8 Å². The van der Waals surface area contributed by atoms with Gasteiger partial charge >= 0.3 is 0 Å². The van der Waals surface area contributed by atoms with E-state index in [-0.39, 0.29) is 23.7 Å². The summed E-state index contributed by atoms with van der Waals surface area (Å²) in [5.74, 6) is 0.120. The molecular formula is C13H19N5O2S. The lowest BCUT2D eigenvalue weighted by Gasteiger charge is -2.12. The molecule has 2 aliphatic rings. The standard InChI is InChI=1S/C13H19N5O2S/c14-11-10(21-13(17-11)18-5-1-2-6-18)12(20)15-7-8-3-4-9(19)16-8/h8H,1-7,14H2,(H,15,20)(H,16,19). The van der Waals surface area contributed by atoms with E-state index < -0.39 is 0 Å². The Balaban J connectivity index is 1.60. The first-order valence-corrected chi connectivity index (χ1v) is 8.04. The fourth-order valence-electron chi connectivity index (χ4n) is 2.65. The van der Waals surface area contributed by atoms with Crippen LogP contribution in [0.2, 0.25) is 0 Å². The van der Waals surface area contributed by atoms with Gasteiger partial charge in [-0.1, -0.05) is 11.3 Å². The number of nitrogens with one attached hydrogen (secondary N) is 2. The number of thiazole rings is 1. The molecule has 3 heterocycles. The van der Waals surface area contributed by atoms with Gasteiger partial charge in [0, 0.05) is 32.1 Å². The van der Waals surface area contributed by atoms with Crippen LogP contribution in [0.15, 0.2) is 0 Å². The normalized spacial score (nSPS) is 21.6. The van der Waals surface area contributed by atoms with Crippen molar-refractivity contribution in [3.63, 3.8) is 0 Å². The molecule has 114 valence electrons. The highest BCUT2D eigenvalue weighted by Gasteiger charge is 2.24. The van der Waals surface area contributed by atoms with Crippen molar-refractivity contribution >= 4 is 34.1 Å². The average molecular weight is 309 g/mol. The van der Waals surface area contributed by atoms with Gasteiger partial charge in [-0.05, 0) is 19.3 Å². The Hall–Kier alpha value is -1.83. The summed E-state index contributed by atoms with van der Waals surface area (Å²) in [4.78, 5) is 30.2. The monoisotopic (exact) mass is 309 g/mol. The van der Waals surface area contributed by atoms with Gasteiger partial charge in [0.15, 0.2) is 5.13 Å². The van der Waals surface area contributed by atoms with E-state index in [4.69, 9.17) is 5.73 Å². The SMILES string of the molecule is Nc1nc(N2CCCC2)sc1C(=O)NCC1CCC(=O)N1. The van der Waals surface area contributed by atoms with Crippen molar-refractivity contribution in [1.29, 1.82) is 0 Å². The zero-order valence-electron chi connectivity index (χ0n) is 11.7. The van der Waals surface area contributed by atoms with Crippen molar-refractivity contribution in [2.45, 2.75) is 31.7 Å². The number of rotatable bonds is 4. The Labute approximate surface area is 126 Å². The topological polar surface area (TPSA) is 100 Å². The fraction of sp³-hybridized carbons (Fsp3) is 0.615. The summed E-state index contributed by atoms with van der Waals surface area (Å²) in [7, 11) is 0. The van der Waals surface area contributed by atoms with Crippen LogP contribution in [-0.2, 0) is 4.79 Å². The summed E-state index contributed by atoms with van der Waals surface area (Å²) in [6.45, 7) is 2.38. The minimum atomic E-state index is -0.211. The second kappa shape index (κ2) is 5.88. The molecule has 0 aromatic carbocycles. The van der Waals surface area contributed by atoms with Gasteiger partial charge in [0.05, 0.1) is 0 Å². The molecule has 1 aromatic heterocycles. The van der Waals surface area contributed by atoms with Crippen LogP contribution >= 0.6 is 11.3 Å². The molecule has 1 atom stereocenters. The van der Waals surface area contributed by atoms with Crippen LogP contribution in [0, 0.1) is 0 Å². The largest absolute Gasteiger partial charge is 0.382 e. The summed E-state index contributed by atoms with van der Waals surface area (Å²) < 4.78 is 0. The van der Waals surface area contributed by atoms with Gasteiger partial charge in [-0.2, -0.15) is 0 Å². The maximum Gasteiger partial charge on any atom is 0.265 e. The highest BCUT2D eigenvalue weighted by atomic mass is 32.1. The van der Waals surface area contributed by atoms with Crippen LogP contribution in [0.25, 0.3) is 0 Å². The average Bonchev–Trinajstić information content (AvgIpc) is 3.16. The molecule has 4 N–H and O–H groups in total. The molecule has 2 amide bonds. The van der Waals surface area contributed by atoms with E-state index in [1.165, 1.54) is 11.3 Å². The molecule has 2 fully saturated rings. The molecule has 7 nitrogen and oxygen atoms in total. The predicted octanol–water partition coefficient (Wildman–Crippen LogP) is 0.334. The van der Waals surface area contributed by atoms with Crippen LogP contribution in [0.1, 0.15) is 35.4 Å². The van der Waals surface area contributed by atoms with Gasteiger partial charge in [0.25, 0.3) is 5.91 Å². The maximum absolute atomic E-state index is 12.2. The third-order valence-corrected chi connectivity index (χ3v) is 4.95. The quantitative estimate of drug-likeness (QED) is 0.744. The van der Waals surface area contributed by atoms with E-state index in [1.807, 2.05) is 0 Å². The lowest BCUT2D eigenvalue weighted by molar-refractivity contribution is -0.119. The van der Waals surface area contributed by atoms with Crippen molar-refractivity contribution in [2.75, 3.05) is 30.3 Å². The van der Waals surface area contributed by atoms with Crippen LogP contribution < -0.4 is 21.3 Å². The van der Waals surface area contributed by atoms with Crippen molar-refractivity contribution in [1.82, 2.24) is 15.6 Å². The molecule has 1 aromatic rings. The first-order valence-electron chi connectivity index (χ1n) is 7.22. The second-order valence-electron chi connectivity index (χ2n) is 5.42. The van der Waals surface area contributed by atoms with E-state index in [2.05, 4.69) is 20.5 Å². The van der Waals surface area contributed by atoms with Gasteiger partial charge in [-0.3, -0.25) is 9.59 Å². The molecule has 0 radical (unpaired) electrons. The van der Waals surface area contributed by atoms with Gasteiger partial charge in [0.1, 0.15) is 10.7 Å². The van der Waals surface area contributed by atoms with Crippen molar-refractivity contribution < 1.29 is 9.59 Å². The van der Waals surface area contributed by atoms with E-state index in [0.717, 1.165) is 37.5 Å². The number of aromatic nitrogens is 1. The fourth-order valence-corrected chi connectivity index (χ4v) is 3.61. The minimum Gasteiger partial charge on any atom is -0.382 e. The van der Waals surface area contributed by atoms with Crippen LogP contribution in [0.3, 0.4) is 0 Å². The van der Waals surface area contributed by atoms with Gasteiger partial charge in [0.2, 0.25) is 5.91 Å². The molecule has 3 rings (SSSR count). The van der Waals surface area contributed by atoms with Gasteiger partial charge in [-0.25, -0.2) is 4.98 Å². The molecule has 0 aliphatic carbocycles. The molecule has 8 heteroatoms. The highest BCUT2D eigenvalue weighted by Crippen LogP contribution is 2.30. The zero-order chi connectivity index (χ0) is 14.8. The Kier molecular flexibility index (Phi) is 3.96. The predicted molar refractivity (Wildman–Crippen MR) is 81.5 cm³/mol. The number of nitrogen functional groups attached to an aromatic ring is 1. The first-order chi connectivity index (χ1) is 10.1. The smallest absolute Gasteiger partial charge is 0.265 e. The Morgan fingerprint density at radius 3 is 2.90 bits per heavy atom. The number of carbonyl (C=O) groups excluding carboxylic acids is 2. The Bertz CT molecular complexity index is 553. The summed E-state index contributed by atoms with van der Waals surface area (Å²) in [5, 5.41) is 6.47. The van der Waals surface area contributed by atoms with Crippen LogP contribution in [0.4, 0.5) is 10.9 Å².